The standard InChI is InChI=1S/C17H21Cl2N5O2S/c1-10-15(27-11-5-6-21-14(19)13(11)18)22-9-12(23-10)20-7-8-26-16(25)24-17(2,3)4/h5-6,9H,7-8H2,1-4H3,(H,20,23)(H,24,25). The number of alkyl carbamates (subject to hydrolysis) is 1. The number of carbonyl (C=O) groups is 1. The van der Waals surface area contributed by atoms with Crippen LogP contribution in [-0.4, -0.2) is 39.7 Å². The first-order chi connectivity index (χ1) is 12.7. The van der Waals surface area contributed by atoms with Crippen LogP contribution in [0.25, 0.3) is 0 Å². The molecule has 0 aromatic carbocycles. The number of aromatic nitrogens is 3. The van der Waals surface area contributed by atoms with Crippen molar-refractivity contribution in [2.45, 2.75) is 43.2 Å². The highest BCUT2D eigenvalue weighted by Crippen LogP contribution is 2.36. The predicted molar refractivity (Wildman–Crippen MR) is 108 cm³/mol. The Hall–Kier alpha value is -1.77. The Bertz CT molecular complexity index is 814. The van der Waals surface area contributed by atoms with Crippen molar-refractivity contribution in [2.24, 2.45) is 0 Å². The molecular weight excluding hydrogens is 409 g/mol. The molecule has 0 aliphatic rings. The van der Waals surface area contributed by atoms with E-state index >= 15 is 0 Å². The maximum absolute atomic E-state index is 11.6. The molecule has 27 heavy (non-hydrogen) atoms. The second-order valence-corrected chi connectivity index (χ2v) is 8.37. The molecular formula is C17H21Cl2N5O2S. The Morgan fingerprint density at radius 2 is 2.04 bits per heavy atom. The van der Waals surface area contributed by atoms with Crippen LogP contribution in [0.4, 0.5) is 10.6 Å². The summed E-state index contributed by atoms with van der Waals surface area (Å²) in [4.78, 5) is 25.1. The van der Waals surface area contributed by atoms with E-state index in [1.54, 1.807) is 18.5 Å². The highest BCUT2D eigenvalue weighted by molar-refractivity contribution is 7.99. The van der Waals surface area contributed by atoms with Gasteiger partial charge in [0.2, 0.25) is 0 Å². The number of aryl methyl sites for hydroxylation is 1. The third kappa shape index (κ3) is 7.04. The summed E-state index contributed by atoms with van der Waals surface area (Å²) < 4.78 is 5.10. The van der Waals surface area contributed by atoms with E-state index < -0.39 is 6.09 Å². The number of nitrogens with one attached hydrogen (secondary N) is 2. The lowest BCUT2D eigenvalue weighted by Gasteiger charge is -2.20. The molecule has 0 saturated heterocycles. The quantitative estimate of drug-likeness (QED) is 0.512. The first-order valence-electron chi connectivity index (χ1n) is 8.16. The smallest absolute Gasteiger partial charge is 0.407 e. The van der Waals surface area contributed by atoms with Crippen LogP contribution in [0, 0.1) is 6.92 Å². The summed E-state index contributed by atoms with van der Waals surface area (Å²) in [6.45, 7) is 8.14. The fourth-order valence-electron chi connectivity index (χ4n) is 1.91. The monoisotopic (exact) mass is 429 g/mol. The van der Waals surface area contributed by atoms with E-state index in [0.29, 0.717) is 22.4 Å². The number of nitrogens with zero attached hydrogens (tertiary/aromatic N) is 3. The van der Waals surface area contributed by atoms with E-state index in [-0.39, 0.29) is 17.3 Å². The predicted octanol–water partition coefficient (Wildman–Crippen LogP) is 4.57. The normalized spacial score (nSPS) is 11.2. The summed E-state index contributed by atoms with van der Waals surface area (Å²) in [7, 11) is 0. The average molecular weight is 430 g/mol. The minimum atomic E-state index is -0.453. The second kappa shape index (κ2) is 9.43. The Kier molecular flexibility index (Phi) is 7.52. The maximum atomic E-state index is 11.6. The van der Waals surface area contributed by atoms with Crippen LogP contribution in [0.2, 0.25) is 10.2 Å². The molecule has 146 valence electrons. The summed E-state index contributed by atoms with van der Waals surface area (Å²) in [5.74, 6) is 0.593. The van der Waals surface area contributed by atoms with Crippen molar-refractivity contribution < 1.29 is 9.53 Å². The second-order valence-electron chi connectivity index (χ2n) is 6.60. The molecule has 1 amide bonds. The van der Waals surface area contributed by atoms with Gasteiger partial charge in [0, 0.05) is 16.6 Å². The number of hydrogen-bond donors (Lipinski definition) is 2. The van der Waals surface area contributed by atoms with Crippen LogP contribution in [0.5, 0.6) is 0 Å². The van der Waals surface area contributed by atoms with E-state index in [9.17, 15) is 4.79 Å². The number of anilines is 1. The van der Waals surface area contributed by atoms with Crippen LogP contribution >= 0.6 is 35.0 Å². The Labute approximate surface area is 172 Å². The van der Waals surface area contributed by atoms with E-state index in [1.807, 2.05) is 27.7 Å². The molecule has 2 aromatic rings. The topological polar surface area (TPSA) is 89.0 Å². The van der Waals surface area contributed by atoms with Gasteiger partial charge in [-0.25, -0.2) is 19.7 Å². The van der Waals surface area contributed by atoms with Crippen LogP contribution in [-0.2, 0) is 4.74 Å². The molecule has 0 aliphatic heterocycles. The van der Waals surface area contributed by atoms with E-state index in [0.717, 1.165) is 10.6 Å². The van der Waals surface area contributed by atoms with Crippen LogP contribution in [0.1, 0.15) is 26.5 Å². The average Bonchev–Trinajstić information content (AvgIpc) is 2.56. The number of carbonyl (C=O) groups excluding carboxylic acids is 1. The number of rotatable bonds is 6. The van der Waals surface area contributed by atoms with Gasteiger partial charge in [-0.3, -0.25) is 0 Å². The van der Waals surface area contributed by atoms with E-state index in [4.69, 9.17) is 27.9 Å². The largest absolute Gasteiger partial charge is 0.448 e. The molecule has 2 heterocycles. The summed E-state index contributed by atoms with van der Waals surface area (Å²) in [6, 6.07) is 1.77. The van der Waals surface area contributed by atoms with Gasteiger partial charge >= 0.3 is 6.09 Å². The minimum absolute atomic E-state index is 0.213. The molecule has 0 atom stereocenters. The molecule has 0 fully saturated rings. The number of hydrogen-bond acceptors (Lipinski definition) is 7. The number of pyridine rings is 1. The fraction of sp³-hybridized carbons (Fsp3) is 0.412. The minimum Gasteiger partial charge on any atom is -0.448 e. The Balaban J connectivity index is 1.87. The molecule has 7 nitrogen and oxygen atoms in total. The lowest BCUT2D eigenvalue weighted by Crippen LogP contribution is -2.41. The molecule has 0 aliphatic carbocycles. The van der Waals surface area contributed by atoms with Gasteiger partial charge in [0.25, 0.3) is 0 Å². The number of halogens is 2. The number of ether oxygens (including phenoxy) is 1. The fourth-order valence-corrected chi connectivity index (χ4v) is 3.17. The lowest BCUT2D eigenvalue weighted by molar-refractivity contribution is 0.142. The van der Waals surface area contributed by atoms with Gasteiger partial charge in [0.15, 0.2) is 0 Å². The van der Waals surface area contributed by atoms with Crippen molar-refractivity contribution in [2.75, 3.05) is 18.5 Å². The summed E-state index contributed by atoms with van der Waals surface area (Å²) in [6.07, 6.45) is 2.75. The van der Waals surface area contributed by atoms with Crippen molar-refractivity contribution in [1.82, 2.24) is 20.3 Å². The van der Waals surface area contributed by atoms with Crippen molar-refractivity contribution in [3.05, 3.63) is 34.3 Å². The zero-order valence-corrected chi connectivity index (χ0v) is 17.8. The van der Waals surface area contributed by atoms with Gasteiger partial charge in [0.1, 0.15) is 22.6 Å². The zero-order valence-electron chi connectivity index (χ0n) is 15.5. The molecule has 0 spiro atoms. The van der Waals surface area contributed by atoms with Gasteiger partial charge in [-0.15, -0.1) is 0 Å². The molecule has 0 unspecified atom stereocenters. The van der Waals surface area contributed by atoms with Crippen molar-refractivity contribution >= 4 is 46.9 Å². The molecule has 0 saturated carbocycles. The molecule has 10 heteroatoms. The van der Waals surface area contributed by atoms with Crippen molar-refractivity contribution in [3.63, 3.8) is 0 Å². The summed E-state index contributed by atoms with van der Waals surface area (Å²) in [5.41, 5.74) is 0.406. The van der Waals surface area contributed by atoms with Crippen LogP contribution in [0.3, 0.4) is 0 Å². The highest BCUT2D eigenvalue weighted by Gasteiger charge is 2.14. The van der Waals surface area contributed by atoms with Gasteiger partial charge in [-0.1, -0.05) is 35.0 Å². The van der Waals surface area contributed by atoms with Gasteiger partial charge < -0.3 is 15.4 Å². The van der Waals surface area contributed by atoms with Gasteiger partial charge in [-0.2, -0.15) is 0 Å². The third-order valence-electron chi connectivity index (χ3n) is 3.04. The molecule has 0 bridgehead atoms. The van der Waals surface area contributed by atoms with Gasteiger partial charge in [-0.05, 0) is 33.8 Å². The zero-order chi connectivity index (χ0) is 20.0. The molecule has 2 rings (SSSR count). The first kappa shape index (κ1) is 21.5. The lowest BCUT2D eigenvalue weighted by atomic mass is 10.1. The maximum Gasteiger partial charge on any atom is 0.407 e. The van der Waals surface area contributed by atoms with Crippen LogP contribution < -0.4 is 10.6 Å². The number of amides is 1. The Morgan fingerprint density at radius 3 is 2.70 bits per heavy atom. The molecule has 2 aromatic heterocycles. The molecule has 2 N–H and O–H groups in total. The summed E-state index contributed by atoms with van der Waals surface area (Å²) in [5, 5.41) is 7.14. The van der Waals surface area contributed by atoms with Gasteiger partial charge in [0.05, 0.1) is 23.5 Å². The summed E-state index contributed by atoms with van der Waals surface area (Å²) >= 11 is 13.5. The highest BCUT2D eigenvalue weighted by atomic mass is 35.5. The molecule has 0 radical (unpaired) electrons. The first-order valence-corrected chi connectivity index (χ1v) is 9.73. The van der Waals surface area contributed by atoms with Crippen LogP contribution in [0.15, 0.2) is 28.4 Å². The van der Waals surface area contributed by atoms with E-state index in [1.165, 1.54) is 11.8 Å². The Morgan fingerprint density at radius 1 is 1.30 bits per heavy atom. The van der Waals surface area contributed by atoms with Crippen molar-refractivity contribution in [1.29, 1.82) is 0 Å². The van der Waals surface area contributed by atoms with Crippen molar-refractivity contribution in [3.8, 4) is 0 Å². The SMILES string of the molecule is Cc1nc(NCCOC(=O)NC(C)(C)C)cnc1Sc1ccnc(Cl)c1Cl. The van der Waals surface area contributed by atoms with E-state index in [2.05, 4.69) is 25.6 Å². The third-order valence-corrected chi connectivity index (χ3v) is 5.07.